The Bertz CT molecular complexity index is 970. The number of para-hydroxylation sites is 1. The molecule has 2 heterocycles. The van der Waals surface area contributed by atoms with Crippen molar-refractivity contribution in [1.29, 1.82) is 0 Å². The molecule has 0 aliphatic carbocycles. The molecule has 0 unspecified atom stereocenters. The quantitative estimate of drug-likeness (QED) is 0.635. The van der Waals surface area contributed by atoms with Crippen LogP contribution in [0.15, 0.2) is 42.5 Å². The van der Waals surface area contributed by atoms with E-state index in [1.807, 2.05) is 62.3 Å². The van der Waals surface area contributed by atoms with E-state index in [0.717, 1.165) is 32.3 Å². The lowest BCUT2D eigenvalue weighted by atomic mass is 10.2. The fraction of sp³-hybridized carbons (Fsp3) is 0.333. The van der Waals surface area contributed by atoms with E-state index in [1.165, 1.54) is 0 Å². The monoisotopic (exact) mass is 397 g/mol. The Morgan fingerprint density at radius 3 is 2.79 bits per heavy atom. The first kappa shape index (κ1) is 18.7. The maximum atomic E-state index is 12.8. The van der Waals surface area contributed by atoms with Crippen LogP contribution < -0.4 is 9.47 Å². The van der Waals surface area contributed by atoms with Crippen LogP contribution in [0.3, 0.4) is 0 Å². The summed E-state index contributed by atoms with van der Waals surface area (Å²) in [6, 6.07) is 13.9. The largest absolute Gasteiger partial charge is 0.454 e. The number of ether oxygens (including phenoxy) is 2. The number of rotatable bonds is 6. The number of nitrogens with zero attached hydrogens (tertiary/aromatic N) is 3. The van der Waals surface area contributed by atoms with Crippen molar-refractivity contribution >= 4 is 27.5 Å². The Morgan fingerprint density at radius 1 is 1.18 bits per heavy atom. The van der Waals surface area contributed by atoms with E-state index in [2.05, 4.69) is 11.1 Å². The molecule has 3 aromatic rings. The van der Waals surface area contributed by atoms with Crippen molar-refractivity contribution in [2.24, 2.45) is 0 Å². The van der Waals surface area contributed by atoms with Crippen molar-refractivity contribution in [2.75, 3.05) is 27.4 Å². The van der Waals surface area contributed by atoms with E-state index >= 15 is 0 Å². The van der Waals surface area contributed by atoms with Gasteiger partial charge in [-0.15, -0.1) is 11.3 Å². The van der Waals surface area contributed by atoms with Gasteiger partial charge in [-0.2, -0.15) is 0 Å². The topological polar surface area (TPSA) is 54.9 Å². The van der Waals surface area contributed by atoms with Crippen LogP contribution in [0.1, 0.15) is 23.5 Å². The molecular formula is C21H23N3O3S. The number of aromatic nitrogens is 1. The zero-order valence-electron chi connectivity index (χ0n) is 16.2. The second kappa shape index (κ2) is 7.77. The standard InChI is InChI=1S/C21H23N3O3S/c1-14(21-22-16-6-4-5-7-19(16)28-21)24(3)20(25)12-23(2)11-15-8-9-17-18(10-15)27-13-26-17/h4-10,14H,11-13H2,1-3H3/t14-/m0/s1. The van der Waals surface area contributed by atoms with Gasteiger partial charge in [0, 0.05) is 13.6 Å². The van der Waals surface area contributed by atoms with Gasteiger partial charge in [0.25, 0.3) is 0 Å². The number of likely N-dealkylation sites (N-methyl/N-ethyl adjacent to an activating group) is 2. The first-order valence-corrected chi connectivity index (χ1v) is 10.0. The predicted octanol–water partition coefficient (Wildman–Crippen LogP) is 3.68. The number of hydrogen-bond acceptors (Lipinski definition) is 6. The van der Waals surface area contributed by atoms with Crippen LogP contribution in [0.2, 0.25) is 0 Å². The molecule has 0 fully saturated rings. The van der Waals surface area contributed by atoms with E-state index in [4.69, 9.17) is 9.47 Å². The van der Waals surface area contributed by atoms with E-state index in [-0.39, 0.29) is 18.7 Å². The molecule has 0 saturated heterocycles. The highest BCUT2D eigenvalue weighted by Gasteiger charge is 2.22. The van der Waals surface area contributed by atoms with E-state index in [9.17, 15) is 4.79 Å². The zero-order chi connectivity index (χ0) is 19.7. The summed E-state index contributed by atoms with van der Waals surface area (Å²) in [6.45, 7) is 3.28. The second-order valence-electron chi connectivity index (χ2n) is 7.06. The fourth-order valence-corrected chi connectivity index (χ4v) is 4.26. The first-order valence-electron chi connectivity index (χ1n) is 9.19. The van der Waals surface area contributed by atoms with E-state index in [0.29, 0.717) is 13.1 Å². The van der Waals surface area contributed by atoms with Crippen molar-refractivity contribution in [3.63, 3.8) is 0 Å². The highest BCUT2D eigenvalue weighted by atomic mass is 32.1. The third-order valence-corrected chi connectivity index (χ3v) is 6.14. The molecule has 1 atom stereocenters. The van der Waals surface area contributed by atoms with Crippen LogP contribution in [0.5, 0.6) is 11.5 Å². The number of carbonyl (C=O) groups excluding carboxylic acids is 1. The molecule has 0 N–H and O–H groups in total. The fourth-order valence-electron chi connectivity index (χ4n) is 3.20. The van der Waals surface area contributed by atoms with Crippen molar-refractivity contribution in [3.8, 4) is 11.5 Å². The van der Waals surface area contributed by atoms with Crippen molar-refractivity contribution in [2.45, 2.75) is 19.5 Å². The molecule has 1 aliphatic heterocycles. The molecule has 1 amide bonds. The molecule has 7 heteroatoms. The van der Waals surface area contributed by atoms with Crippen LogP contribution in [0.4, 0.5) is 0 Å². The molecule has 0 bridgehead atoms. The highest BCUT2D eigenvalue weighted by molar-refractivity contribution is 7.18. The van der Waals surface area contributed by atoms with Gasteiger partial charge in [0.1, 0.15) is 5.01 Å². The lowest BCUT2D eigenvalue weighted by molar-refractivity contribution is -0.132. The average Bonchev–Trinajstić information content (AvgIpc) is 3.32. The summed E-state index contributed by atoms with van der Waals surface area (Å²) in [5.41, 5.74) is 2.07. The maximum absolute atomic E-state index is 12.8. The molecular weight excluding hydrogens is 374 g/mol. The van der Waals surface area contributed by atoms with Gasteiger partial charge in [-0.3, -0.25) is 9.69 Å². The molecule has 2 aromatic carbocycles. The minimum Gasteiger partial charge on any atom is -0.454 e. The van der Waals surface area contributed by atoms with Gasteiger partial charge >= 0.3 is 0 Å². The molecule has 1 aromatic heterocycles. The van der Waals surface area contributed by atoms with Gasteiger partial charge in [-0.25, -0.2) is 4.98 Å². The van der Waals surface area contributed by atoms with Crippen LogP contribution in [-0.2, 0) is 11.3 Å². The molecule has 0 saturated carbocycles. The molecule has 0 radical (unpaired) electrons. The molecule has 146 valence electrons. The smallest absolute Gasteiger partial charge is 0.237 e. The van der Waals surface area contributed by atoms with Gasteiger partial charge in [0.15, 0.2) is 11.5 Å². The number of carbonyl (C=O) groups is 1. The highest BCUT2D eigenvalue weighted by Crippen LogP contribution is 2.33. The maximum Gasteiger partial charge on any atom is 0.237 e. The Labute approximate surface area is 168 Å². The van der Waals surface area contributed by atoms with E-state index in [1.54, 1.807) is 16.2 Å². The summed E-state index contributed by atoms with van der Waals surface area (Å²) in [5, 5.41) is 0.954. The average molecular weight is 398 g/mol. The molecule has 1 aliphatic rings. The normalized spacial score (nSPS) is 13.9. The van der Waals surface area contributed by atoms with Crippen LogP contribution in [-0.4, -0.2) is 48.1 Å². The van der Waals surface area contributed by atoms with Gasteiger partial charge in [0.2, 0.25) is 12.7 Å². The van der Waals surface area contributed by atoms with Crippen LogP contribution >= 0.6 is 11.3 Å². The lowest BCUT2D eigenvalue weighted by Crippen LogP contribution is -2.37. The Kier molecular flexibility index (Phi) is 5.19. The summed E-state index contributed by atoms with van der Waals surface area (Å²) in [6.07, 6.45) is 0. The first-order chi connectivity index (χ1) is 13.5. The van der Waals surface area contributed by atoms with Crippen molar-refractivity contribution in [1.82, 2.24) is 14.8 Å². The molecule has 4 rings (SSSR count). The van der Waals surface area contributed by atoms with Crippen LogP contribution in [0.25, 0.3) is 10.2 Å². The zero-order valence-corrected chi connectivity index (χ0v) is 17.0. The number of benzene rings is 2. The molecule has 0 spiro atoms. The lowest BCUT2D eigenvalue weighted by Gasteiger charge is -2.26. The number of thiazole rings is 1. The SMILES string of the molecule is C[C@@H](c1nc2ccccc2s1)N(C)C(=O)CN(C)Cc1ccc2c(c1)OCO2. The third-order valence-electron chi connectivity index (χ3n) is 4.94. The predicted molar refractivity (Wildman–Crippen MR) is 110 cm³/mol. The van der Waals surface area contributed by atoms with Gasteiger partial charge in [0.05, 0.1) is 22.8 Å². The number of hydrogen-bond donors (Lipinski definition) is 0. The van der Waals surface area contributed by atoms with Crippen LogP contribution in [0, 0.1) is 0 Å². The summed E-state index contributed by atoms with van der Waals surface area (Å²) in [4.78, 5) is 21.2. The number of fused-ring (bicyclic) bond motifs is 2. The minimum atomic E-state index is -0.0659. The summed E-state index contributed by atoms with van der Waals surface area (Å²) >= 11 is 1.64. The summed E-state index contributed by atoms with van der Waals surface area (Å²) < 4.78 is 11.9. The summed E-state index contributed by atoms with van der Waals surface area (Å²) in [7, 11) is 3.78. The van der Waals surface area contributed by atoms with E-state index < -0.39 is 0 Å². The second-order valence-corrected chi connectivity index (χ2v) is 8.12. The third kappa shape index (κ3) is 3.81. The van der Waals surface area contributed by atoms with Gasteiger partial charge in [-0.1, -0.05) is 18.2 Å². The number of amides is 1. The van der Waals surface area contributed by atoms with Gasteiger partial charge in [-0.05, 0) is 43.8 Å². The molecule has 28 heavy (non-hydrogen) atoms. The summed E-state index contributed by atoms with van der Waals surface area (Å²) in [5.74, 6) is 1.60. The van der Waals surface area contributed by atoms with Gasteiger partial charge < -0.3 is 14.4 Å². The Balaban J connectivity index is 1.37. The Hall–Kier alpha value is -2.64. The molecule has 6 nitrogen and oxygen atoms in total. The minimum absolute atomic E-state index is 0.0648. The van der Waals surface area contributed by atoms with Crippen molar-refractivity contribution < 1.29 is 14.3 Å². The Morgan fingerprint density at radius 2 is 1.96 bits per heavy atom. The van der Waals surface area contributed by atoms with Crippen molar-refractivity contribution in [3.05, 3.63) is 53.0 Å².